The zero-order chi connectivity index (χ0) is 12.8. The maximum atomic E-state index is 11.4. The second-order valence-electron chi connectivity index (χ2n) is 4.41. The summed E-state index contributed by atoms with van der Waals surface area (Å²) in [4.78, 5) is 22.8. The molecule has 0 radical (unpaired) electrons. The second-order valence-corrected chi connectivity index (χ2v) is 4.41. The van der Waals surface area contributed by atoms with Crippen molar-refractivity contribution < 1.29 is 14.3 Å². The molecular weight excluding hydrogens is 208 g/mol. The van der Waals surface area contributed by atoms with Gasteiger partial charge in [0.1, 0.15) is 0 Å². The first-order chi connectivity index (χ1) is 7.30. The van der Waals surface area contributed by atoms with Gasteiger partial charge in [0.05, 0.1) is 0 Å². The molecule has 0 heterocycles. The highest BCUT2D eigenvalue weighted by Gasteiger charge is 2.22. The predicted octanol–water partition coefficient (Wildman–Crippen LogP) is 1.20. The van der Waals surface area contributed by atoms with E-state index < -0.39 is 17.7 Å². The fourth-order valence-electron chi connectivity index (χ4n) is 0.986. The summed E-state index contributed by atoms with van der Waals surface area (Å²) in [7, 11) is 1.49. The maximum Gasteiger partial charge on any atom is 0.408 e. The smallest absolute Gasteiger partial charge is 0.408 e. The van der Waals surface area contributed by atoms with Gasteiger partial charge in [0, 0.05) is 19.0 Å². The Morgan fingerprint density at radius 1 is 1.44 bits per heavy atom. The van der Waals surface area contributed by atoms with E-state index in [1.807, 2.05) is 20.8 Å². The van der Waals surface area contributed by atoms with Crippen LogP contribution in [0.25, 0.3) is 0 Å². The number of carbonyl (C=O) groups is 2. The molecule has 0 spiro atoms. The van der Waals surface area contributed by atoms with E-state index in [0.29, 0.717) is 0 Å². The monoisotopic (exact) mass is 228 g/mol. The largest absolute Gasteiger partial charge is 0.436 e. The summed E-state index contributed by atoms with van der Waals surface area (Å²) in [5.74, 6) is -0.344. The van der Waals surface area contributed by atoms with E-state index in [2.05, 4.69) is 17.2 Å². The molecule has 2 amide bonds. The zero-order valence-electron chi connectivity index (χ0n) is 10.3. The molecule has 0 saturated carbocycles. The molecule has 16 heavy (non-hydrogen) atoms. The van der Waals surface area contributed by atoms with Crippen LogP contribution in [0.15, 0.2) is 12.7 Å². The fourth-order valence-corrected chi connectivity index (χ4v) is 0.986. The fraction of sp³-hybridized carbons (Fsp3) is 0.636. The molecule has 0 aliphatic heterocycles. The van der Waals surface area contributed by atoms with Crippen molar-refractivity contribution in [2.24, 2.45) is 0 Å². The van der Waals surface area contributed by atoms with Crippen molar-refractivity contribution in [3.8, 4) is 0 Å². The summed E-state index contributed by atoms with van der Waals surface area (Å²) >= 11 is 0. The van der Waals surface area contributed by atoms with Crippen molar-refractivity contribution in [3.05, 3.63) is 12.7 Å². The van der Waals surface area contributed by atoms with Gasteiger partial charge in [-0.25, -0.2) is 4.79 Å². The van der Waals surface area contributed by atoms with Gasteiger partial charge in [-0.3, -0.25) is 4.79 Å². The Morgan fingerprint density at radius 3 is 2.38 bits per heavy atom. The zero-order valence-corrected chi connectivity index (χ0v) is 10.3. The highest BCUT2D eigenvalue weighted by molar-refractivity contribution is 5.83. The van der Waals surface area contributed by atoms with Gasteiger partial charge in [0.25, 0.3) is 5.91 Å². The number of alkyl carbamates (subject to hydrolysis) is 1. The highest BCUT2D eigenvalue weighted by atomic mass is 16.6. The van der Waals surface area contributed by atoms with Crippen molar-refractivity contribution in [1.29, 1.82) is 0 Å². The van der Waals surface area contributed by atoms with Crippen LogP contribution in [0.2, 0.25) is 0 Å². The van der Waals surface area contributed by atoms with Crippen LogP contribution >= 0.6 is 0 Å². The second kappa shape index (κ2) is 6.15. The van der Waals surface area contributed by atoms with Gasteiger partial charge in [-0.05, 0) is 20.8 Å². The van der Waals surface area contributed by atoms with E-state index in [-0.39, 0.29) is 12.3 Å². The summed E-state index contributed by atoms with van der Waals surface area (Å²) in [6, 6.07) is 0. The maximum absolute atomic E-state index is 11.4. The molecule has 0 fully saturated rings. The van der Waals surface area contributed by atoms with Crippen LogP contribution in [-0.4, -0.2) is 30.7 Å². The third-order valence-corrected chi connectivity index (χ3v) is 1.65. The summed E-state index contributed by atoms with van der Waals surface area (Å²) in [6.45, 7) is 9.00. The number of hydrogen-bond donors (Lipinski definition) is 2. The molecule has 0 aromatic heterocycles. The molecule has 5 nitrogen and oxygen atoms in total. The van der Waals surface area contributed by atoms with Crippen molar-refractivity contribution in [2.45, 2.75) is 38.8 Å². The number of rotatable bonds is 4. The van der Waals surface area contributed by atoms with Gasteiger partial charge < -0.3 is 15.4 Å². The topological polar surface area (TPSA) is 67.4 Å². The Kier molecular flexibility index (Phi) is 5.56. The lowest BCUT2D eigenvalue weighted by molar-refractivity contribution is -0.128. The Balaban J connectivity index is 4.34. The Labute approximate surface area is 96.2 Å². The minimum absolute atomic E-state index is 0.289. The van der Waals surface area contributed by atoms with Crippen molar-refractivity contribution in [1.82, 2.24) is 10.6 Å². The van der Waals surface area contributed by atoms with Crippen LogP contribution in [-0.2, 0) is 9.53 Å². The average Bonchev–Trinajstić information content (AvgIpc) is 2.13. The third-order valence-electron chi connectivity index (χ3n) is 1.65. The first kappa shape index (κ1) is 14.5. The van der Waals surface area contributed by atoms with Crippen LogP contribution < -0.4 is 10.6 Å². The molecule has 0 aromatic carbocycles. The minimum Gasteiger partial charge on any atom is -0.436 e. The van der Waals surface area contributed by atoms with Crippen LogP contribution in [0, 0.1) is 0 Å². The standard InChI is InChI=1S/C11H20N2O3/c1-6-7-8(9(14)12-5)16-10(15)13-11(2,3)4/h6,8H,1,7H2,2-5H3,(H,12,14)(H,13,15)/t8-/m0/s1. The molecule has 2 N–H and O–H groups in total. The molecule has 0 rings (SSSR count). The van der Waals surface area contributed by atoms with Crippen molar-refractivity contribution >= 4 is 12.0 Å². The molecule has 0 aliphatic carbocycles. The van der Waals surface area contributed by atoms with E-state index in [1.165, 1.54) is 13.1 Å². The lowest BCUT2D eigenvalue weighted by atomic mass is 10.1. The van der Waals surface area contributed by atoms with Crippen LogP contribution in [0.5, 0.6) is 0 Å². The lowest BCUT2D eigenvalue weighted by Gasteiger charge is -2.22. The van der Waals surface area contributed by atoms with Crippen LogP contribution in [0.4, 0.5) is 4.79 Å². The van der Waals surface area contributed by atoms with Crippen molar-refractivity contribution in [3.63, 3.8) is 0 Å². The first-order valence-electron chi connectivity index (χ1n) is 5.11. The number of hydrogen-bond acceptors (Lipinski definition) is 3. The normalized spacial score (nSPS) is 12.5. The van der Waals surface area contributed by atoms with Crippen molar-refractivity contribution in [2.75, 3.05) is 7.05 Å². The van der Waals surface area contributed by atoms with Gasteiger partial charge in [-0.1, -0.05) is 6.08 Å². The molecule has 0 bridgehead atoms. The molecule has 0 unspecified atom stereocenters. The molecule has 0 saturated heterocycles. The van der Waals surface area contributed by atoms with Gasteiger partial charge >= 0.3 is 6.09 Å². The van der Waals surface area contributed by atoms with E-state index in [0.717, 1.165) is 0 Å². The van der Waals surface area contributed by atoms with Gasteiger partial charge in [-0.15, -0.1) is 6.58 Å². The number of likely N-dealkylation sites (N-methyl/N-ethyl adjacent to an activating group) is 1. The van der Waals surface area contributed by atoms with E-state index in [4.69, 9.17) is 4.74 Å². The lowest BCUT2D eigenvalue weighted by Crippen LogP contribution is -2.44. The van der Waals surface area contributed by atoms with Crippen LogP contribution in [0.3, 0.4) is 0 Å². The summed E-state index contributed by atoms with van der Waals surface area (Å²) < 4.78 is 4.99. The molecule has 92 valence electrons. The average molecular weight is 228 g/mol. The molecule has 0 aliphatic rings. The summed E-state index contributed by atoms with van der Waals surface area (Å²) in [5, 5.41) is 5.04. The minimum atomic E-state index is -0.829. The summed E-state index contributed by atoms with van der Waals surface area (Å²) in [6.07, 6.45) is 0.384. The number of carbonyl (C=O) groups excluding carboxylic acids is 2. The predicted molar refractivity (Wildman–Crippen MR) is 62.0 cm³/mol. The van der Waals surface area contributed by atoms with E-state index >= 15 is 0 Å². The third kappa shape index (κ3) is 6.06. The molecule has 0 aromatic rings. The Bertz CT molecular complexity index is 269. The molecular formula is C11H20N2O3. The number of ether oxygens (including phenoxy) is 1. The summed E-state index contributed by atoms with van der Waals surface area (Å²) in [5.41, 5.74) is -0.390. The molecule has 1 atom stereocenters. The Hall–Kier alpha value is -1.52. The first-order valence-corrected chi connectivity index (χ1v) is 5.11. The number of amides is 2. The molecule has 5 heteroatoms. The highest BCUT2D eigenvalue weighted by Crippen LogP contribution is 2.04. The van der Waals surface area contributed by atoms with E-state index in [9.17, 15) is 9.59 Å². The Morgan fingerprint density at radius 2 is 2.00 bits per heavy atom. The SMILES string of the molecule is C=CC[C@H](OC(=O)NC(C)(C)C)C(=O)NC. The van der Waals surface area contributed by atoms with Gasteiger partial charge in [-0.2, -0.15) is 0 Å². The van der Waals surface area contributed by atoms with Crippen LogP contribution in [0.1, 0.15) is 27.2 Å². The van der Waals surface area contributed by atoms with Gasteiger partial charge in [0.2, 0.25) is 0 Å². The quantitative estimate of drug-likeness (QED) is 0.710. The number of nitrogens with one attached hydrogen (secondary N) is 2. The van der Waals surface area contributed by atoms with Gasteiger partial charge in [0.15, 0.2) is 6.10 Å². The van der Waals surface area contributed by atoms with E-state index in [1.54, 1.807) is 0 Å².